The molecule has 0 fully saturated rings. The van der Waals surface area contributed by atoms with Gasteiger partial charge in [0.2, 0.25) is 5.71 Å². The van der Waals surface area contributed by atoms with E-state index in [1.165, 1.54) is 4.68 Å². The third kappa shape index (κ3) is 4.31. The van der Waals surface area contributed by atoms with Gasteiger partial charge < -0.3 is 4.74 Å². The number of hydrogen-bond donors (Lipinski definition) is 2. The number of H-pyrrole nitrogens is 1. The minimum Gasteiger partial charge on any atom is -0.461 e. The van der Waals surface area contributed by atoms with Crippen molar-refractivity contribution < 1.29 is 9.53 Å². The molecule has 164 valence electrons. The average molecular weight is 435 g/mol. The summed E-state index contributed by atoms with van der Waals surface area (Å²) in [7, 11) is 1.76. The van der Waals surface area contributed by atoms with Gasteiger partial charge in [0, 0.05) is 7.05 Å². The van der Waals surface area contributed by atoms with Crippen LogP contribution in [0.1, 0.15) is 18.3 Å². The van der Waals surface area contributed by atoms with Crippen molar-refractivity contribution in [2.24, 2.45) is 22.4 Å². The highest BCUT2D eigenvalue weighted by Gasteiger charge is 2.18. The fourth-order valence-corrected chi connectivity index (χ4v) is 2.82. The smallest absolute Gasteiger partial charge is 0.369 e. The van der Waals surface area contributed by atoms with Crippen molar-refractivity contribution in [3.8, 4) is 11.8 Å². The summed E-state index contributed by atoms with van der Waals surface area (Å²) in [6, 6.07) is 10.8. The molecule has 0 atom stereocenters. The molecule has 2 N–H and O–H groups in total. The van der Waals surface area contributed by atoms with Crippen molar-refractivity contribution in [3.05, 3.63) is 52.1 Å². The number of aryl methyl sites for hydroxylation is 1. The molecule has 32 heavy (non-hydrogen) atoms. The molecule has 12 heteroatoms. The zero-order chi connectivity index (χ0) is 23.3. The van der Waals surface area contributed by atoms with Crippen LogP contribution in [-0.4, -0.2) is 37.8 Å². The fraction of sp³-hybridized carbons (Fsp3) is 0.250. The topological polar surface area (TPSA) is 155 Å². The molecular weight excluding hydrogens is 414 g/mol. The molecule has 0 spiro atoms. The lowest BCUT2D eigenvalue weighted by Gasteiger charge is -2.07. The first-order valence-electron chi connectivity index (χ1n) is 9.60. The number of azo groups is 1. The van der Waals surface area contributed by atoms with Crippen molar-refractivity contribution in [1.29, 1.82) is 5.26 Å². The van der Waals surface area contributed by atoms with Crippen molar-refractivity contribution in [1.82, 2.24) is 19.6 Å². The number of ether oxygens (including phenoxy) is 1. The molecule has 3 aromatic rings. The molecule has 0 aliphatic heterocycles. The molecule has 0 saturated heterocycles. The van der Waals surface area contributed by atoms with Gasteiger partial charge in [0.15, 0.2) is 17.2 Å². The molecule has 0 bridgehead atoms. The number of nitrogens with zero attached hydrogens (tertiary/aromatic N) is 7. The lowest BCUT2D eigenvalue weighted by atomic mass is 10.3. The first kappa shape index (κ1) is 22.2. The largest absolute Gasteiger partial charge is 0.461 e. The lowest BCUT2D eigenvalue weighted by molar-refractivity contribution is -0.134. The molecule has 0 amide bonds. The van der Waals surface area contributed by atoms with E-state index in [9.17, 15) is 9.59 Å². The number of nitriles is 1. The quantitative estimate of drug-likeness (QED) is 0.252. The molecule has 0 unspecified atom stereocenters. The van der Waals surface area contributed by atoms with Gasteiger partial charge in [-0.15, -0.1) is 10.2 Å². The Bertz CT molecular complexity index is 1290. The van der Waals surface area contributed by atoms with E-state index >= 15 is 0 Å². The Morgan fingerprint density at radius 3 is 2.59 bits per heavy atom. The van der Waals surface area contributed by atoms with Crippen LogP contribution in [-0.2, 0) is 16.6 Å². The molecule has 2 aromatic heterocycles. The van der Waals surface area contributed by atoms with E-state index in [0.717, 1.165) is 0 Å². The van der Waals surface area contributed by atoms with Gasteiger partial charge in [-0.25, -0.2) is 9.48 Å². The van der Waals surface area contributed by atoms with Crippen LogP contribution in [0.5, 0.6) is 0 Å². The van der Waals surface area contributed by atoms with Gasteiger partial charge in [-0.3, -0.25) is 20.0 Å². The van der Waals surface area contributed by atoms with E-state index in [2.05, 4.69) is 31.0 Å². The zero-order valence-corrected chi connectivity index (χ0v) is 17.9. The minimum atomic E-state index is -0.862. The van der Waals surface area contributed by atoms with Crippen molar-refractivity contribution in [2.75, 3.05) is 12.0 Å². The molecule has 0 radical (unpaired) electrons. The molecule has 1 aromatic carbocycles. The van der Waals surface area contributed by atoms with Crippen LogP contribution in [0.2, 0.25) is 0 Å². The number of para-hydroxylation sites is 1. The Kier molecular flexibility index (Phi) is 6.59. The summed E-state index contributed by atoms with van der Waals surface area (Å²) in [5.74, 6) is -0.737. The normalized spacial score (nSPS) is 11.5. The van der Waals surface area contributed by atoms with E-state index in [1.807, 2.05) is 30.3 Å². The second-order valence-electron chi connectivity index (χ2n) is 6.56. The fourth-order valence-electron chi connectivity index (χ4n) is 2.82. The summed E-state index contributed by atoms with van der Waals surface area (Å²) in [4.78, 5) is 24.7. The molecule has 2 heterocycles. The molecule has 0 saturated carbocycles. The predicted octanol–water partition coefficient (Wildman–Crippen LogP) is 2.79. The molecule has 3 rings (SSSR count). The van der Waals surface area contributed by atoms with Gasteiger partial charge in [-0.1, -0.05) is 18.2 Å². The first-order chi connectivity index (χ1) is 15.4. The van der Waals surface area contributed by atoms with Crippen LogP contribution in [0.15, 0.2) is 50.5 Å². The number of aromatic nitrogens is 4. The summed E-state index contributed by atoms with van der Waals surface area (Å²) < 4.78 is 7.94. The van der Waals surface area contributed by atoms with Gasteiger partial charge in [0.1, 0.15) is 6.07 Å². The number of carbonyl (C=O) groups is 1. The summed E-state index contributed by atoms with van der Waals surface area (Å²) in [6.45, 7) is 5.19. The Morgan fingerprint density at radius 1 is 1.25 bits per heavy atom. The molecule has 0 aliphatic carbocycles. The number of esters is 1. The predicted molar refractivity (Wildman–Crippen MR) is 117 cm³/mol. The van der Waals surface area contributed by atoms with E-state index in [1.54, 1.807) is 38.6 Å². The first-order valence-corrected chi connectivity index (χ1v) is 9.60. The maximum atomic E-state index is 13.0. The lowest BCUT2D eigenvalue weighted by Crippen LogP contribution is -2.19. The third-order valence-corrected chi connectivity index (χ3v) is 4.54. The second kappa shape index (κ2) is 9.52. The Hall–Kier alpha value is -4.53. The third-order valence-electron chi connectivity index (χ3n) is 4.54. The Morgan fingerprint density at radius 2 is 1.94 bits per heavy atom. The monoisotopic (exact) mass is 435 g/mol. The number of rotatable bonds is 7. The SMILES string of the molecule is CCOC(=O)/C(C#N)=N\Nc1n[nH]c(C)c1N=Nc1c(C)n(C)n(-c2ccccc2)c1=O. The van der Waals surface area contributed by atoms with E-state index in [0.29, 0.717) is 17.1 Å². The summed E-state index contributed by atoms with van der Waals surface area (Å²) in [5.41, 5.74) is 3.99. The van der Waals surface area contributed by atoms with E-state index < -0.39 is 11.7 Å². The Labute approximate surface area is 182 Å². The number of hydrazone groups is 1. The number of anilines is 1. The molecular formula is C20H21N9O3. The maximum absolute atomic E-state index is 13.0. The van der Waals surface area contributed by atoms with E-state index in [-0.39, 0.29) is 29.4 Å². The van der Waals surface area contributed by atoms with Crippen LogP contribution < -0.4 is 11.0 Å². The van der Waals surface area contributed by atoms with Crippen molar-refractivity contribution in [3.63, 3.8) is 0 Å². The van der Waals surface area contributed by atoms with Gasteiger partial charge in [0.25, 0.3) is 5.56 Å². The number of nitrogens with one attached hydrogen (secondary N) is 2. The van der Waals surface area contributed by atoms with Crippen molar-refractivity contribution >= 4 is 28.9 Å². The van der Waals surface area contributed by atoms with Gasteiger partial charge in [-0.05, 0) is 32.9 Å². The Balaban J connectivity index is 1.94. The van der Waals surface area contributed by atoms with Crippen LogP contribution in [0.25, 0.3) is 5.69 Å². The number of aromatic amines is 1. The summed E-state index contributed by atoms with van der Waals surface area (Å²) in [5, 5.41) is 27.9. The van der Waals surface area contributed by atoms with Gasteiger partial charge >= 0.3 is 5.97 Å². The highest BCUT2D eigenvalue weighted by Crippen LogP contribution is 2.28. The number of hydrogen-bond acceptors (Lipinski definition) is 9. The number of benzene rings is 1. The van der Waals surface area contributed by atoms with Gasteiger partial charge in [0.05, 0.1) is 23.7 Å². The van der Waals surface area contributed by atoms with E-state index in [4.69, 9.17) is 10.00 Å². The highest BCUT2D eigenvalue weighted by atomic mass is 16.5. The van der Waals surface area contributed by atoms with Crippen molar-refractivity contribution in [2.45, 2.75) is 20.8 Å². The summed E-state index contributed by atoms with van der Waals surface area (Å²) in [6.07, 6.45) is 0. The summed E-state index contributed by atoms with van der Waals surface area (Å²) >= 11 is 0. The second-order valence-corrected chi connectivity index (χ2v) is 6.56. The van der Waals surface area contributed by atoms with Crippen LogP contribution in [0, 0.1) is 25.2 Å². The van der Waals surface area contributed by atoms with Crippen LogP contribution >= 0.6 is 0 Å². The molecule has 0 aliphatic rings. The maximum Gasteiger partial charge on any atom is 0.369 e. The zero-order valence-electron chi connectivity index (χ0n) is 17.9. The standard InChI is InChI=1S/C20H21N9O3/c1-5-32-20(31)15(11-21)23-27-18-16(12(2)22-26-18)24-25-17-13(3)28(4)29(19(17)30)14-9-7-6-8-10-14/h6-10H,5H2,1-4H3,(H2,22,26,27)/b23-15-,25-24?. The van der Waals surface area contributed by atoms with Crippen LogP contribution in [0.4, 0.5) is 17.2 Å². The van der Waals surface area contributed by atoms with Gasteiger partial charge in [-0.2, -0.15) is 15.5 Å². The highest BCUT2D eigenvalue weighted by molar-refractivity contribution is 6.43. The number of carbonyl (C=O) groups excluding carboxylic acids is 1. The minimum absolute atomic E-state index is 0.109. The molecule has 12 nitrogen and oxygen atoms in total. The van der Waals surface area contributed by atoms with Crippen LogP contribution in [0.3, 0.4) is 0 Å². The average Bonchev–Trinajstić information content (AvgIpc) is 3.24.